The van der Waals surface area contributed by atoms with E-state index in [0.717, 1.165) is 31.0 Å². The van der Waals surface area contributed by atoms with Crippen molar-refractivity contribution in [2.24, 2.45) is 0 Å². The zero-order chi connectivity index (χ0) is 22.7. The van der Waals surface area contributed by atoms with Gasteiger partial charge in [0.15, 0.2) is 0 Å². The smallest absolute Gasteiger partial charge is 0.281 e. The van der Waals surface area contributed by atoms with Crippen molar-refractivity contribution >= 4 is 27.5 Å². The summed E-state index contributed by atoms with van der Waals surface area (Å²) in [6, 6.07) is 12.1. The lowest BCUT2D eigenvalue weighted by atomic mass is 10.2. The van der Waals surface area contributed by atoms with E-state index in [-0.39, 0.29) is 27.3 Å². The second-order valence-corrected chi connectivity index (χ2v) is 9.95. The summed E-state index contributed by atoms with van der Waals surface area (Å²) in [6.45, 7) is 1.01. The van der Waals surface area contributed by atoms with Crippen molar-refractivity contribution < 1.29 is 17.8 Å². The minimum Gasteiger partial charge on any atom is -0.411 e. The van der Waals surface area contributed by atoms with Gasteiger partial charge >= 0.3 is 0 Å². The van der Waals surface area contributed by atoms with Crippen LogP contribution in [0.15, 0.2) is 61.9 Å². The highest BCUT2D eigenvalue weighted by Gasteiger charge is 2.26. The lowest BCUT2D eigenvalue weighted by Crippen LogP contribution is -2.35. The largest absolute Gasteiger partial charge is 0.411 e. The number of rotatable bonds is 6. The van der Waals surface area contributed by atoms with E-state index < -0.39 is 14.9 Å². The second-order valence-electron chi connectivity index (χ2n) is 7.02. The lowest BCUT2D eigenvalue weighted by molar-refractivity contribution is -0.384. The van der Waals surface area contributed by atoms with Crippen molar-refractivity contribution in [3.63, 3.8) is 0 Å². The van der Waals surface area contributed by atoms with Gasteiger partial charge in [0, 0.05) is 35.7 Å². The van der Waals surface area contributed by atoms with E-state index in [1.165, 1.54) is 34.6 Å². The number of hydrogen-bond acceptors (Lipinski definition) is 9. The predicted octanol–water partition coefficient (Wildman–Crippen LogP) is 3.84. The summed E-state index contributed by atoms with van der Waals surface area (Å²) in [6.07, 6.45) is 2.71. The molecule has 0 N–H and O–H groups in total. The molecule has 1 saturated heterocycles. The summed E-state index contributed by atoms with van der Waals surface area (Å²) in [7, 11) is -3.61. The number of sulfonamides is 1. The first-order chi connectivity index (χ1) is 15.4. The van der Waals surface area contributed by atoms with Crippen LogP contribution in [-0.2, 0) is 10.0 Å². The molecule has 10 nitrogen and oxygen atoms in total. The van der Waals surface area contributed by atoms with Gasteiger partial charge in [-0.3, -0.25) is 10.1 Å². The molecule has 0 bridgehead atoms. The Balaban J connectivity index is 1.58. The van der Waals surface area contributed by atoms with Gasteiger partial charge in [0.2, 0.25) is 15.9 Å². The molecule has 12 heteroatoms. The summed E-state index contributed by atoms with van der Waals surface area (Å²) in [5.41, 5.74) is 0.370. The Morgan fingerprint density at radius 2 is 1.91 bits per heavy atom. The van der Waals surface area contributed by atoms with Crippen LogP contribution in [-0.4, -0.2) is 40.9 Å². The zero-order valence-electron chi connectivity index (χ0n) is 16.7. The molecule has 0 unspecified atom stereocenters. The van der Waals surface area contributed by atoms with E-state index in [2.05, 4.69) is 10.2 Å². The number of aromatic nitrogens is 2. The van der Waals surface area contributed by atoms with Crippen molar-refractivity contribution in [2.45, 2.75) is 34.3 Å². The van der Waals surface area contributed by atoms with E-state index in [1.807, 2.05) is 6.07 Å². The molecule has 2 aromatic carbocycles. The van der Waals surface area contributed by atoms with Crippen molar-refractivity contribution in [1.82, 2.24) is 14.5 Å². The summed E-state index contributed by atoms with van der Waals surface area (Å²) in [5.74, 6) is 0.128. The molecule has 0 amide bonds. The minimum atomic E-state index is -3.61. The molecule has 1 aromatic heterocycles. The molecular formula is C20H17N5O5S2. The van der Waals surface area contributed by atoms with Crippen molar-refractivity contribution in [1.29, 1.82) is 5.26 Å². The van der Waals surface area contributed by atoms with Crippen LogP contribution in [0.4, 0.5) is 5.69 Å². The van der Waals surface area contributed by atoms with Gasteiger partial charge in [-0.2, -0.15) is 9.57 Å². The van der Waals surface area contributed by atoms with E-state index >= 15 is 0 Å². The summed E-state index contributed by atoms with van der Waals surface area (Å²) in [5, 5.41) is 28.2. The van der Waals surface area contributed by atoms with Gasteiger partial charge in [-0.05, 0) is 48.9 Å². The molecule has 0 aliphatic carbocycles. The fourth-order valence-electron chi connectivity index (χ4n) is 3.31. The molecule has 0 atom stereocenters. The number of hydrogen-bond donors (Lipinski definition) is 0. The van der Waals surface area contributed by atoms with Crippen molar-refractivity contribution in [2.75, 3.05) is 13.1 Å². The van der Waals surface area contributed by atoms with Gasteiger partial charge < -0.3 is 4.42 Å². The van der Waals surface area contributed by atoms with Crippen LogP contribution in [0.5, 0.6) is 0 Å². The third-order valence-electron chi connectivity index (χ3n) is 4.93. The first-order valence-corrected chi connectivity index (χ1v) is 11.9. The minimum absolute atomic E-state index is 0.110. The van der Waals surface area contributed by atoms with Gasteiger partial charge in [-0.15, -0.1) is 10.2 Å². The third kappa shape index (κ3) is 4.50. The molecule has 3 aromatic rings. The Morgan fingerprint density at radius 3 is 2.62 bits per heavy atom. The van der Waals surface area contributed by atoms with Crippen LogP contribution in [0.1, 0.15) is 24.8 Å². The maximum Gasteiger partial charge on any atom is 0.281 e. The standard InChI is InChI=1S/C20H17N5O5S2/c21-13-15-11-16(25(26)27)7-8-18(15)31-20-23-22-19(30-20)14-5-4-6-17(12-14)32(28,29)24-9-2-1-3-10-24/h4-8,11-12H,1-3,9-10H2. The highest BCUT2D eigenvalue weighted by atomic mass is 32.2. The van der Waals surface area contributed by atoms with Crippen LogP contribution in [0.2, 0.25) is 0 Å². The van der Waals surface area contributed by atoms with Gasteiger partial charge in [-0.1, -0.05) is 12.5 Å². The average Bonchev–Trinajstić information content (AvgIpc) is 3.28. The first-order valence-electron chi connectivity index (χ1n) is 9.69. The third-order valence-corrected chi connectivity index (χ3v) is 7.74. The van der Waals surface area contributed by atoms with E-state index in [0.29, 0.717) is 23.5 Å². The van der Waals surface area contributed by atoms with Crippen LogP contribution >= 0.6 is 11.8 Å². The number of benzene rings is 2. The molecule has 1 aliphatic rings. The quantitative estimate of drug-likeness (QED) is 0.387. The molecule has 1 aliphatic heterocycles. The number of non-ortho nitro benzene ring substituents is 1. The highest BCUT2D eigenvalue weighted by molar-refractivity contribution is 7.99. The lowest BCUT2D eigenvalue weighted by Gasteiger charge is -2.25. The Kier molecular flexibility index (Phi) is 6.22. The Hall–Kier alpha value is -3.27. The van der Waals surface area contributed by atoms with Crippen molar-refractivity contribution in [3.05, 3.63) is 58.1 Å². The van der Waals surface area contributed by atoms with Crippen LogP contribution in [0, 0.1) is 21.4 Å². The van der Waals surface area contributed by atoms with Crippen molar-refractivity contribution in [3.8, 4) is 17.5 Å². The molecule has 0 saturated carbocycles. The molecular weight excluding hydrogens is 454 g/mol. The van der Waals surface area contributed by atoms with Crippen LogP contribution in [0.3, 0.4) is 0 Å². The second kappa shape index (κ2) is 9.07. The maximum absolute atomic E-state index is 12.9. The predicted molar refractivity (Wildman–Crippen MR) is 114 cm³/mol. The Labute approximate surface area is 188 Å². The fourth-order valence-corrected chi connectivity index (χ4v) is 5.62. The van der Waals surface area contributed by atoms with Gasteiger partial charge in [-0.25, -0.2) is 8.42 Å². The average molecular weight is 472 g/mol. The SMILES string of the molecule is N#Cc1cc([N+](=O)[O-])ccc1Sc1nnc(-c2cccc(S(=O)(=O)N3CCCCC3)c2)o1. The number of piperidine rings is 1. The molecule has 2 heterocycles. The zero-order valence-corrected chi connectivity index (χ0v) is 18.3. The number of nitriles is 1. The molecule has 32 heavy (non-hydrogen) atoms. The number of nitrogens with zero attached hydrogens (tertiary/aromatic N) is 5. The molecule has 1 fully saturated rings. The normalized spacial score (nSPS) is 14.7. The monoisotopic (exact) mass is 471 g/mol. The fraction of sp³-hybridized carbons (Fsp3) is 0.250. The first kappa shape index (κ1) is 21.9. The van der Waals surface area contributed by atoms with Crippen LogP contribution in [0.25, 0.3) is 11.5 Å². The summed E-state index contributed by atoms with van der Waals surface area (Å²) >= 11 is 0.995. The maximum atomic E-state index is 12.9. The topological polar surface area (TPSA) is 143 Å². The Morgan fingerprint density at radius 1 is 1.12 bits per heavy atom. The molecule has 0 spiro atoms. The van der Waals surface area contributed by atoms with E-state index in [9.17, 15) is 23.8 Å². The summed E-state index contributed by atoms with van der Waals surface area (Å²) in [4.78, 5) is 10.9. The highest BCUT2D eigenvalue weighted by Crippen LogP contribution is 2.33. The van der Waals surface area contributed by atoms with E-state index in [4.69, 9.17) is 4.42 Å². The number of nitro benzene ring substituents is 1. The van der Waals surface area contributed by atoms with Gasteiger partial charge in [0.05, 0.1) is 15.4 Å². The van der Waals surface area contributed by atoms with Crippen LogP contribution < -0.4 is 0 Å². The molecule has 0 radical (unpaired) electrons. The Bertz CT molecular complexity index is 1310. The molecule has 4 rings (SSSR count). The summed E-state index contributed by atoms with van der Waals surface area (Å²) < 4.78 is 33.0. The molecule has 164 valence electrons. The van der Waals surface area contributed by atoms with Gasteiger partial charge in [0.25, 0.3) is 10.9 Å². The van der Waals surface area contributed by atoms with Gasteiger partial charge in [0.1, 0.15) is 6.07 Å². The van der Waals surface area contributed by atoms with E-state index in [1.54, 1.807) is 12.1 Å². The number of nitro groups is 1.